The third-order valence-electron chi connectivity index (χ3n) is 6.52. The monoisotopic (exact) mass is 471 g/mol. The van der Waals surface area contributed by atoms with E-state index in [-0.39, 0.29) is 18.4 Å². The lowest BCUT2D eigenvalue weighted by atomic mass is 9.91. The zero-order valence-electron chi connectivity index (χ0n) is 19.5. The molecule has 10 nitrogen and oxygen atoms in total. The Morgan fingerprint density at radius 2 is 1.83 bits per heavy atom. The number of hydrogen-bond acceptors (Lipinski definition) is 8. The molecule has 3 aromatic heterocycles. The van der Waals surface area contributed by atoms with E-state index in [1.165, 1.54) is 18.5 Å². The van der Waals surface area contributed by atoms with Crippen LogP contribution in [0.1, 0.15) is 67.2 Å². The summed E-state index contributed by atoms with van der Waals surface area (Å²) in [5.41, 5.74) is 2.31. The quantitative estimate of drug-likeness (QED) is 0.373. The minimum Gasteiger partial charge on any atom is -0.353 e. The van der Waals surface area contributed by atoms with Crippen LogP contribution < -0.4 is 16.0 Å². The first-order valence-corrected chi connectivity index (χ1v) is 12.2. The van der Waals surface area contributed by atoms with E-state index in [0.29, 0.717) is 24.2 Å². The zero-order valence-corrected chi connectivity index (χ0v) is 19.5. The molecule has 0 saturated heterocycles. The molecule has 2 fully saturated rings. The van der Waals surface area contributed by atoms with Crippen LogP contribution in [0.2, 0.25) is 0 Å². The van der Waals surface area contributed by atoms with Crippen LogP contribution in [0.4, 0.5) is 11.6 Å². The van der Waals surface area contributed by atoms with Crippen LogP contribution in [0.5, 0.6) is 0 Å². The van der Waals surface area contributed by atoms with Crippen molar-refractivity contribution in [2.75, 3.05) is 5.32 Å². The highest BCUT2D eigenvalue weighted by atomic mass is 16.1. The van der Waals surface area contributed by atoms with Crippen molar-refractivity contribution in [3.63, 3.8) is 0 Å². The van der Waals surface area contributed by atoms with Gasteiger partial charge in [-0.05, 0) is 62.3 Å². The summed E-state index contributed by atoms with van der Waals surface area (Å²) < 4.78 is 0. The summed E-state index contributed by atoms with van der Waals surface area (Å²) in [5, 5.41) is 26.3. The van der Waals surface area contributed by atoms with Gasteiger partial charge < -0.3 is 16.0 Å². The minimum absolute atomic E-state index is 0.0182. The molecule has 4 N–H and O–H groups in total. The zero-order chi connectivity index (χ0) is 24.0. The van der Waals surface area contributed by atoms with Crippen molar-refractivity contribution in [3.05, 3.63) is 59.4 Å². The summed E-state index contributed by atoms with van der Waals surface area (Å²) in [6, 6.07) is 9.88. The maximum absolute atomic E-state index is 12.4. The molecule has 2 aliphatic carbocycles. The van der Waals surface area contributed by atoms with E-state index >= 15 is 0 Å². The maximum atomic E-state index is 12.4. The molecule has 0 atom stereocenters. The Balaban J connectivity index is 1.04. The summed E-state index contributed by atoms with van der Waals surface area (Å²) in [4.78, 5) is 25.4. The van der Waals surface area contributed by atoms with Gasteiger partial charge >= 0.3 is 0 Å². The lowest BCUT2D eigenvalue weighted by Crippen LogP contribution is -2.42. The SMILES string of the molecule is N#Cc1cc(CC(=O)NC2CCC(NCc3nccc(Nc4cc(C5CC5)[nH]n4)n3)CC2)ccn1. The van der Waals surface area contributed by atoms with Crippen LogP contribution in [0.3, 0.4) is 0 Å². The van der Waals surface area contributed by atoms with Gasteiger partial charge in [0.05, 0.1) is 13.0 Å². The molecule has 2 saturated carbocycles. The maximum Gasteiger partial charge on any atom is 0.224 e. The number of anilines is 2. The molecule has 0 radical (unpaired) electrons. The van der Waals surface area contributed by atoms with E-state index in [1.54, 1.807) is 24.5 Å². The predicted molar refractivity (Wildman–Crippen MR) is 130 cm³/mol. The van der Waals surface area contributed by atoms with Gasteiger partial charge in [0.1, 0.15) is 23.4 Å². The molecule has 0 bridgehead atoms. The van der Waals surface area contributed by atoms with Crippen LogP contribution in [0, 0.1) is 11.3 Å². The number of nitrogens with zero attached hydrogens (tertiary/aromatic N) is 5. The molecule has 3 aromatic rings. The summed E-state index contributed by atoms with van der Waals surface area (Å²) in [7, 11) is 0. The van der Waals surface area contributed by atoms with Crippen molar-refractivity contribution < 1.29 is 4.79 Å². The summed E-state index contributed by atoms with van der Waals surface area (Å²) in [5.74, 6) is 2.85. The Kier molecular flexibility index (Phi) is 6.95. The Bertz CT molecular complexity index is 1210. The highest BCUT2D eigenvalue weighted by molar-refractivity contribution is 5.78. The second-order valence-electron chi connectivity index (χ2n) is 9.30. The lowest BCUT2D eigenvalue weighted by Gasteiger charge is -2.29. The number of nitrogens with one attached hydrogen (secondary N) is 4. The van der Waals surface area contributed by atoms with Crippen LogP contribution in [0.15, 0.2) is 36.7 Å². The van der Waals surface area contributed by atoms with Gasteiger partial charge in [-0.2, -0.15) is 10.4 Å². The van der Waals surface area contributed by atoms with Crippen molar-refractivity contribution in [3.8, 4) is 6.07 Å². The topological polar surface area (TPSA) is 144 Å². The minimum atomic E-state index is -0.0182. The highest BCUT2D eigenvalue weighted by Crippen LogP contribution is 2.39. The number of nitriles is 1. The van der Waals surface area contributed by atoms with E-state index in [1.807, 2.05) is 12.1 Å². The summed E-state index contributed by atoms with van der Waals surface area (Å²) in [6.07, 6.45) is 9.86. The molecule has 2 aliphatic rings. The number of hydrogen-bond donors (Lipinski definition) is 4. The standard InChI is InChI=1S/C25H29N9O/c26-14-20-11-16(7-9-27-20)12-25(35)30-19-5-3-18(4-6-19)29-15-24-28-10-8-22(32-24)31-23-13-21(33-34-23)17-1-2-17/h7-11,13,17-19,29H,1-6,12,15H2,(H,30,35)(H2,28,31,32,33,34). The van der Waals surface area contributed by atoms with Crippen LogP contribution in [-0.4, -0.2) is 43.1 Å². The Hall–Kier alpha value is -3.84. The second kappa shape index (κ2) is 10.6. The molecule has 10 heteroatoms. The first kappa shape index (κ1) is 22.9. The predicted octanol–water partition coefficient (Wildman–Crippen LogP) is 2.85. The van der Waals surface area contributed by atoms with Crippen molar-refractivity contribution in [1.82, 2.24) is 35.8 Å². The van der Waals surface area contributed by atoms with Gasteiger partial charge in [-0.25, -0.2) is 15.0 Å². The molecule has 3 heterocycles. The Labute approximate surface area is 204 Å². The van der Waals surface area contributed by atoms with Gasteiger partial charge in [0.25, 0.3) is 0 Å². The van der Waals surface area contributed by atoms with Gasteiger partial charge in [0.15, 0.2) is 5.82 Å². The molecular formula is C25H29N9O. The van der Waals surface area contributed by atoms with Crippen LogP contribution in [-0.2, 0) is 17.8 Å². The number of carbonyl (C=O) groups is 1. The fraction of sp³-hybridized carbons (Fsp3) is 0.440. The summed E-state index contributed by atoms with van der Waals surface area (Å²) >= 11 is 0. The molecule has 0 aliphatic heterocycles. The van der Waals surface area contributed by atoms with Crippen LogP contribution >= 0.6 is 0 Å². The normalized spacial score (nSPS) is 19.6. The molecule has 0 aromatic carbocycles. The molecular weight excluding hydrogens is 442 g/mol. The number of H-pyrrole nitrogens is 1. The van der Waals surface area contributed by atoms with Gasteiger partial charge in [0.2, 0.25) is 5.91 Å². The largest absolute Gasteiger partial charge is 0.353 e. The number of aromatic amines is 1. The van der Waals surface area contributed by atoms with E-state index in [0.717, 1.165) is 48.7 Å². The van der Waals surface area contributed by atoms with Gasteiger partial charge in [-0.15, -0.1) is 0 Å². The number of rotatable bonds is 9. The number of pyridine rings is 1. The van der Waals surface area contributed by atoms with E-state index < -0.39 is 0 Å². The lowest BCUT2D eigenvalue weighted by molar-refractivity contribution is -0.121. The summed E-state index contributed by atoms with van der Waals surface area (Å²) in [6.45, 7) is 0.592. The van der Waals surface area contributed by atoms with Crippen molar-refractivity contribution in [2.24, 2.45) is 0 Å². The molecule has 5 rings (SSSR count). The van der Waals surface area contributed by atoms with Crippen molar-refractivity contribution in [1.29, 1.82) is 5.26 Å². The first-order valence-electron chi connectivity index (χ1n) is 12.2. The van der Waals surface area contributed by atoms with Gasteiger partial charge in [0, 0.05) is 42.2 Å². The first-order chi connectivity index (χ1) is 17.1. The average molecular weight is 472 g/mol. The molecule has 1 amide bonds. The van der Waals surface area contributed by atoms with Crippen molar-refractivity contribution >= 4 is 17.5 Å². The van der Waals surface area contributed by atoms with Crippen LogP contribution in [0.25, 0.3) is 0 Å². The fourth-order valence-corrected chi connectivity index (χ4v) is 4.48. The van der Waals surface area contributed by atoms with Gasteiger partial charge in [-0.1, -0.05) is 0 Å². The smallest absolute Gasteiger partial charge is 0.224 e. The molecule has 180 valence electrons. The highest BCUT2D eigenvalue weighted by Gasteiger charge is 2.25. The molecule has 35 heavy (non-hydrogen) atoms. The third kappa shape index (κ3) is 6.39. The van der Waals surface area contributed by atoms with Gasteiger partial charge in [-0.3, -0.25) is 9.89 Å². The average Bonchev–Trinajstić information content (AvgIpc) is 3.63. The van der Waals surface area contributed by atoms with E-state index in [9.17, 15) is 4.79 Å². The molecule has 0 unspecified atom stereocenters. The Morgan fingerprint density at radius 1 is 1.03 bits per heavy atom. The fourth-order valence-electron chi connectivity index (χ4n) is 4.48. The third-order valence-corrected chi connectivity index (χ3v) is 6.52. The van der Waals surface area contributed by atoms with Crippen molar-refractivity contribution in [2.45, 2.75) is 69.5 Å². The Morgan fingerprint density at radius 3 is 2.63 bits per heavy atom. The second-order valence-corrected chi connectivity index (χ2v) is 9.30. The van der Waals surface area contributed by atoms with E-state index in [2.05, 4.69) is 47.2 Å². The number of carbonyl (C=O) groups excluding carboxylic acids is 1. The number of aromatic nitrogens is 5. The number of amides is 1. The molecule has 0 spiro atoms. The van der Waals surface area contributed by atoms with E-state index in [4.69, 9.17) is 5.26 Å².